The zero-order chi connectivity index (χ0) is 28.8. The fourth-order valence-corrected chi connectivity index (χ4v) is 3.91. The number of halogens is 6. The summed E-state index contributed by atoms with van der Waals surface area (Å²) in [5.74, 6) is -2.58. The van der Waals surface area contributed by atoms with Gasteiger partial charge in [0.1, 0.15) is 5.04 Å². The first kappa shape index (κ1) is 29.9. The molecule has 10 nitrogen and oxygen atoms in total. The van der Waals surface area contributed by atoms with E-state index in [0.717, 1.165) is 30.6 Å². The smallest absolute Gasteiger partial charge is 0.404 e. The molecule has 1 aliphatic heterocycles. The third-order valence-electron chi connectivity index (χ3n) is 4.99. The van der Waals surface area contributed by atoms with Gasteiger partial charge in [0.15, 0.2) is 10.9 Å². The Morgan fingerprint density at radius 1 is 1.18 bits per heavy atom. The second-order valence-corrected chi connectivity index (χ2v) is 8.83. The molecule has 210 valence electrons. The van der Waals surface area contributed by atoms with Crippen LogP contribution in [-0.2, 0) is 15.7 Å². The minimum absolute atomic E-state index is 0.162. The third kappa shape index (κ3) is 8.93. The first-order chi connectivity index (χ1) is 18.2. The van der Waals surface area contributed by atoms with Crippen molar-refractivity contribution >= 4 is 39.5 Å². The monoisotopic (exact) mass is 578 g/mol. The first-order valence-electron chi connectivity index (χ1n) is 10.9. The van der Waals surface area contributed by atoms with Crippen LogP contribution in [0.3, 0.4) is 0 Å². The normalized spacial score (nSPS) is 15.1. The predicted molar refractivity (Wildman–Crippen MR) is 129 cm³/mol. The molecule has 2 heterocycles. The van der Waals surface area contributed by atoms with Crippen molar-refractivity contribution in [1.29, 1.82) is 5.41 Å². The van der Waals surface area contributed by atoms with Gasteiger partial charge in [-0.05, 0) is 36.0 Å². The van der Waals surface area contributed by atoms with Gasteiger partial charge in [-0.2, -0.15) is 18.2 Å². The van der Waals surface area contributed by atoms with Crippen LogP contribution in [0.1, 0.15) is 21.5 Å². The van der Waals surface area contributed by atoms with Gasteiger partial charge in [0.05, 0.1) is 31.0 Å². The van der Waals surface area contributed by atoms with Crippen LogP contribution in [0.5, 0.6) is 5.75 Å². The average Bonchev–Trinajstić information content (AvgIpc) is 2.84. The zero-order valence-electron chi connectivity index (χ0n) is 19.7. The molecule has 0 atom stereocenters. The number of aromatic nitrogens is 1. The molecule has 2 amide bonds. The van der Waals surface area contributed by atoms with Gasteiger partial charge in [0.2, 0.25) is 5.91 Å². The van der Waals surface area contributed by atoms with Crippen molar-refractivity contribution in [3.63, 3.8) is 0 Å². The van der Waals surface area contributed by atoms with Gasteiger partial charge < -0.3 is 20.5 Å². The van der Waals surface area contributed by atoms with E-state index in [4.69, 9.17) is 15.9 Å². The lowest BCUT2D eigenvalue weighted by atomic mass is 10.1. The largest absolute Gasteiger partial charge is 0.573 e. The summed E-state index contributed by atoms with van der Waals surface area (Å²) in [5, 5.41) is 8.88. The van der Waals surface area contributed by atoms with Crippen LogP contribution in [0.25, 0.3) is 0 Å². The number of benzene rings is 1. The number of nitrogens with one attached hydrogen (secondary N) is 2. The van der Waals surface area contributed by atoms with Crippen molar-refractivity contribution < 1.29 is 45.4 Å². The number of morpholine rings is 1. The number of alkyl halides is 6. The van der Waals surface area contributed by atoms with Gasteiger partial charge in [-0.25, -0.2) is 0 Å². The Morgan fingerprint density at radius 3 is 2.51 bits per heavy atom. The number of anilines is 1. The summed E-state index contributed by atoms with van der Waals surface area (Å²) >= 11 is 0.243. The number of aliphatic imine (C=N–C) groups is 1. The Balaban J connectivity index is 1.79. The minimum Gasteiger partial charge on any atom is -0.404 e. The van der Waals surface area contributed by atoms with Crippen molar-refractivity contribution in [3.05, 3.63) is 53.3 Å². The van der Waals surface area contributed by atoms with Crippen molar-refractivity contribution in [2.24, 2.45) is 10.7 Å². The fourth-order valence-electron chi connectivity index (χ4n) is 3.30. The number of amidine groups is 1. The summed E-state index contributed by atoms with van der Waals surface area (Å²) in [5.41, 5.74) is 3.10. The van der Waals surface area contributed by atoms with Crippen LogP contribution < -0.4 is 15.8 Å². The highest BCUT2D eigenvalue weighted by molar-refractivity contribution is 8.26. The Morgan fingerprint density at radius 2 is 1.87 bits per heavy atom. The van der Waals surface area contributed by atoms with Crippen LogP contribution >= 0.6 is 11.8 Å². The van der Waals surface area contributed by atoms with Crippen LogP contribution in [0, 0.1) is 5.41 Å². The molecule has 0 saturated carbocycles. The number of ether oxygens (including phenoxy) is 2. The number of hydrogen-bond donors (Lipinski definition) is 3. The van der Waals surface area contributed by atoms with Gasteiger partial charge in [-0.15, -0.1) is 13.2 Å². The number of nitrogens with two attached hydrogens (primary N) is 1. The molecule has 1 aromatic carbocycles. The fraction of sp³-hybridized carbons (Fsp3) is 0.318. The maximum absolute atomic E-state index is 13.2. The summed E-state index contributed by atoms with van der Waals surface area (Å²) in [4.78, 5) is 33.8. The molecule has 0 bridgehead atoms. The van der Waals surface area contributed by atoms with Crippen molar-refractivity contribution in [2.75, 3.05) is 38.2 Å². The summed E-state index contributed by atoms with van der Waals surface area (Å²) in [6.07, 6.45) is -8.18. The molecule has 1 aromatic heterocycles. The molecule has 4 N–H and O–H groups in total. The van der Waals surface area contributed by atoms with E-state index in [2.05, 4.69) is 20.0 Å². The lowest BCUT2D eigenvalue weighted by Gasteiger charge is -2.26. The maximum Gasteiger partial charge on any atom is 0.573 e. The lowest BCUT2D eigenvalue weighted by Crippen LogP contribution is -2.41. The molecule has 0 radical (unpaired) electrons. The number of thioether (sulfide) groups is 1. The highest BCUT2D eigenvalue weighted by Crippen LogP contribution is 2.34. The summed E-state index contributed by atoms with van der Waals surface area (Å²) < 4.78 is 87.3. The van der Waals surface area contributed by atoms with Crippen molar-refractivity contribution in [2.45, 2.75) is 12.5 Å². The topological polar surface area (TPSA) is 143 Å². The number of hydrogen-bond acceptors (Lipinski definition) is 8. The van der Waals surface area contributed by atoms with Crippen LogP contribution in [0.4, 0.5) is 32.0 Å². The molecule has 1 fully saturated rings. The number of nitrogens with zero attached hydrogens (tertiary/aromatic N) is 3. The van der Waals surface area contributed by atoms with Crippen molar-refractivity contribution in [3.8, 4) is 5.75 Å². The van der Waals surface area contributed by atoms with Gasteiger partial charge in [0.25, 0.3) is 5.91 Å². The zero-order valence-corrected chi connectivity index (χ0v) is 20.5. The standard InChI is InChI=1S/C22H20F6N6O4S/c23-21(24,25)14-3-4-31-10-13(14)18(29)39-20(30)33-19(36)12-1-2-16(38-22(26,27)28)15(9-12)32-17(35)11-34-5-7-37-8-6-34/h1-4,9-10,29H,5-8,11H2,(H,32,35)(H2,30,33,36). The quantitative estimate of drug-likeness (QED) is 0.269. The highest BCUT2D eigenvalue weighted by atomic mass is 32.2. The van der Waals surface area contributed by atoms with E-state index < -0.39 is 57.1 Å². The summed E-state index contributed by atoms with van der Waals surface area (Å²) in [7, 11) is 0. The predicted octanol–water partition coefficient (Wildman–Crippen LogP) is 3.48. The Kier molecular flexibility index (Phi) is 9.52. The number of carbonyl (C=O) groups excluding carboxylic acids is 2. The average molecular weight is 578 g/mol. The summed E-state index contributed by atoms with van der Waals surface area (Å²) in [6, 6.07) is 3.27. The van der Waals surface area contributed by atoms with E-state index in [1.165, 1.54) is 0 Å². The molecular weight excluding hydrogens is 558 g/mol. The second kappa shape index (κ2) is 12.4. The molecular formula is C22H20F6N6O4S. The molecule has 0 unspecified atom stereocenters. The van der Waals surface area contributed by atoms with E-state index in [1.54, 1.807) is 4.90 Å². The van der Waals surface area contributed by atoms with E-state index in [0.29, 0.717) is 32.4 Å². The lowest BCUT2D eigenvalue weighted by molar-refractivity contribution is -0.274. The van der Waals surface area contributed by atoms with Gasteiger partial charge >= 0.3 is 12.5 Å². The Bertz CT molecular complexity index is 1260. The maximum atomic E-state index is 13.2. The molecule has 1 aliphatic rings. The Labute approximate surface area is 221 Å². The molecule has 39 heavy (non-hydrogen) atoms. The van der Waals surface area contributed by atoms with Crippen LogP contribution in [-0.4, -0.2) is 71.1 Å². The number of pyridine rings is 1. The molecule has 0 aliphatic carbocycles. The van der Waals surface area contributed by atoms with Gasteiger partial charge in [0, 0.05) is 36.6 Å². The number of carbonyl (C=O) groups is 2. The molecule has 17 heteroatoms. The van der Waals surface area contributed by atoms with Crippen LogP contribution in [0.15, 0.2) is 41.7 Å². The highest BCUT2D eigenvalue weighted by Gasteiger charge is 2.35. The third-order valence-corrected chi connectivity index (χ3v) is 5.71. The summed E-state index contributed by atoms with van der Waals surface area (Å²) in [6.45, 7) is 1.47. The van der Waals surface area contributed by atoms with E-state index >= 15 is 0 Å². The molecule has 0 spiro atoms. The SMILES string of the molecule is N=C(SC(N)=NC(=O)c1ccc(OC(F)(F)F)c(NC(=O)CN2CCOCC2)c1)c1cnccc1C(F)(F)F. The van der Waals surface area contributed by atoms with E-state index in [9.17, 15) is 35.9 Å². The molecule has 2 aromatic rings. The van der Waals surface area contributed by atoms with Crippen LogP contribution in [0.2, 0.25) is 0 Å². The van der Waals surface area contributed by atoms with E-state index in [1.807, 2.05) is 0 Å². The first-order valence-corrected chi connectivity index (χ1v) is 11.7. The second-order valence-electron chi connectivity index (χ2n) is 7.80. The Hall–Kier alpha value is -3.70. The van der Waals surface area contributed by atoms with Gasteiger partial charge in [-0.1, -0.05) is 0 Å². The number of amides is 2. The van der Waals surface area contributed by atoms with E-state index in [-0.39, 0.29) is 23.9 Å². The number of rotatable bonds is 6. The molecule has 1 saturated heterocycles. The minimum atomic E-state index is -5.10. The van der Waals surface area contributed by atoms with Crippen molar-refractivity contribution in [1.82, 2.24) is 9.88 Å². The van der Waals surface area contributed by atoms with Gasteiger partial charge in [-0.3, -0.25) is 24.9 Å². The molecule has 3 rings (SSSR count).